The van der Waals surface area contributed by atoms with Gasteiger partial charge in [-0.05, 0) is 24.3 Å². The first-order valence-electron chi connectivity index (χ1n) is 4.28. The van der Waals surface area contributed by atoms with E-state index in [0.29, 0.717) is 5.56 Å². The molecule has 0 saturated carbocycles. The van der Waals surface area contributed by atoms with Crippen LogP contribution < -0.4 is 0 Å². The summed E-state index contributed by atoms with van der Waals surface area (Å²) in [5.74, 6) is -0.219. The lowest BCUT2D eigenvalue weighted by atomic mass is 10.2. The molecule has 2 aromatic rings. The zero-order valence-electron chi connectivity index (χ0n) is 7.44. The Hall–Kier alpha value is -1.90. The Morgan fingerprint density at radius 3 is 2.71 bits per heavy atom. The maximum Gasteiger partial charge on any atom is 0.130 e. The average Bonchev–Trinajstić information content (AvgIpc) is 2.69. The van der Waals surface area contributed by atoms with E-state index in [-0.39, 0.29) is 5.82 Å². The quantitative estimate of drug-likeness (QED) is 0.771. The molecule has 0 radical (unpaired) electrons. The van der Waals surface area contributed by atoms with E-state index in [1.807, 2.05) is 6.07 Å². The molecule has 0 amide bonds. The first-order chi connectivity index (χ1) is 6.86. The van der Waals surface area contributed by atoms with Gasteiger partial charge in [-0.3, -0.25) is 5.10 Å². The van der Waals surface area contributed by atoms with Crippen molar-refractivity contribution in [2.75, 3.05) is 0 Å². The molecule has 1 aromatic carbocycles. The average molecular weight is 188 g/mol. The molecule has 0 fully saturated rings. The molecule has 0 aliphatic carbocycles. The molecule has 0 saturated heterocycles. The lowest BCUT2D eigenvalue weighted by molar-refractivity contribution is 0.625. The molecule has 0 aliphatic rings. The minimum absolute atomic E-state index is 0.219. The number of aromatic amines is 1. The summed E-state index contributed by atoms with van der Waals surface area (Å²) in [6, 6.07) is 8.45. The molecule has 2 rings (SSSR count). The van der Waals surface area contributed by atoms with E-state index in [2.05, 4.69) is 10.2 Å². The highest BCUT2D eigenvalue weighted by Gasteiger charge is 1.94. The Balaban J connectivity index is 2.23. The molecule has 1 heterocycles. The van der Waals surface area contributed by atoms with Gasteiger partial charge in [-0.2, -0.15) is 5.10 Å². The van der Waals surface area contributed by atoms with Crippen molar-refractivity contribution in [1.29, 1.82) is 0 Å². The number of halogens is 1. The monoisotopic (exact) mass is 188 g/mol. The van der Waals surface area contributed by atoms with Crippen LogP contribution in [0.5, 0.6) is 0 Å². The number of H-pyrrole nitrogens is 1. The van der Waals surface area contributed by atoms with E-state index in [9.17, 15) is 4.39 Å². The van der Waals surface area contributed by atoms with E-state index < -0.39 is 0 Å². The molecule has 1 N–H and O–H groups in total. The second kappa shape index (κ2) is 3.87. The third-order valence-corrected chi connectivity index (χ3v) is 1.87. The van der Waals surface area contributed by atoms with E-state index >= 15 is 0 Å². The molecule has 3 heteroatoms. The molecule has 70 valence electrons. The Morgan fingerprint density at radius 2 is 2.00 bits per heavy atom. The molecule has 0 aliphatic heterocycles. The van der Waals surface area contributed by atoms with Gasteiger partial charge in [0.15, 0.2) is 0 Å². The zero-order chi connectivity index (χ0) is 9.80. The van der Waals surface area contributed by atoms with Gasteiger partial charge in [0.1, 0.15) is 5.82 Å². The van der Waals surface area contributed by atoms with Crippen molar-refractivity contribution >= 4 is 12.2 Å². The summed E-state index contributed by atoms with van der Waals surface area (Å²) >= 11 is 0. The third-order valence-electron chi connectivity index (χ3n) is 1.87. The van der Waals surface area contributed by atoms with Crippen LogP contribution in [0, 0.1) is 5.82 Å². The predicted molar refractivity (Wildman–Crippen MR) is 53.9 cm³/mol. The normalized spacial score (nSPS) is 10.9. The van der Waals surface area contributed by atoms with E-state index in [4.69, 9.17) is 0 Å². The van der Waals surface area contributed by atoms with Gasteiger partial charge in [0.2, 0.25) is 0 Å². The Bertz CT molecular complexity index is 432. The number of rotatable bonds is 2. The van der Waals surface area contributed by atoms with Crippen LogP contribution in [0.1, 0.15) is 11.3 Å². The number of aromatic nitrogens is 2. The van der Waals surface area contributed by atoms with Crippen molar-refractivity contribution in [2.45, 2.75) is 0 Å². The summed E-state index contributed by atoms with van der Waals surface area (Å²) in [7, 11) is 0. The summed E-state index contributed by atoms with van der Waals surface area (Å²) in [5, 5.41) is 6.55. The molecule has 1 aromatic heterocycles. The van der Waals surface area contributed by atoms with Gasteiger partial charge in [0.05, 0.1) is 5.69 Å². The Labute approximate surface area is 81.1 Å². The van der Waals surface area contributed by atoms with Gasteiger partial charge < -0.3 is 0 Å². The Morgan fingerprint density at radius 1 is 1.14 bits per heavy atom. The van der Waals surface area contributed by atoms with Crippen LogP contribution in [0.15, 0.2) is 36.5 Å². The minimum Gasteiger partial charge on any atom is -0.278 e. The highest BCUT2D eigenvalue weighted by molar-refractivity contribution is 5.67. The summed E-state index contributed by atoms with van der Waals surface area (Å²) < 4.78 is 13.1. The standard InChI is InChI=1S/C11H9FN2/c12-11-4-2-1-3-9(11)5-6-10-7-8-13-14-10/h1-8H,(H,13,14). The number of nitrogens with zero attached hydrogens (tertiary/aromatic N) is 1. The van der Waals surface area contributed by atoms with Crippen LogP contribution >= 0.6 is 0 Å². The van der Waals surface area contributed by atoms with Crippen LogP contribution in [0.25, 0.3) is 12.2 Å². The molecule has 0 atom stereocenters. The molecule has 2 nitrogen and oxygen atoms in total. The van der Waals surface area contributed by atoms with Crippen molar-refractivity contribution in [1.82, 2.24) is 10.2 Å². The fraction of sp³-hybridized carbons (Fsp3) is 0. The van der Waals surface area contributed by atoms with Gasteiger partial charge in [-0.15, -0.1) is 0 Å². The third kappa shape index (κ3) is 1.88. The van der Waals surface area contributed by atoms with Crippen LogP contribution in [0.4, 0.5) is 4.39 Å². The molecular formula is C11H9FN2. The number of hydrogen-bond donors (Lipinski definition) is 1. The highest BCUT2D eigenvalue weighted by Crippen LogP contribution is 2.10. The van der Waals surface area contributed by atoms with Gasteiger partial charge in [-0.1, -0.05) is 18.2 Å². The van der Waals surface area contributed by atoms with Crippen LogP contribution in [0.3, 0.4) is 0 Å². The highest BCUT2D eigenvalue weighted by atomic mass is 19.1. The maximum atomic E-state index is 13.1. The minimum atomic E-state index is -0.219. The van der Waals surface area contributed by atoms with Crippen molar-refractivity contribution in [3.63, 3.8) is 0 Å². The van der Waals surface area contributed by atoms with Crippen molar-refractivity contribution < 1.29 is 4.39 Å². The summed E-state index contributed by atoms with van der Waals surface area (Å²) in [5.41, 5.74) is 1.43. The number of hydrogen-bond acceptors (Lipinski definition) is 1. The van der Waals surface area contributed by atoms with Gasteiger partial charge in [0.25, 0.3) is 0 Å². The predicted octanol–water partition coefficient (Wildman–Crippen LogP) is 2.72. The fourth-order valence-electron chi connectivity index (χ4n) is 1.15. The molecular weight excluding hydrogens is 179 g/mol. The summed E-state index contributed by atoms with van der Waals surface area (Å²) in [6.07, 6.45) is 5.15. The lowest BCUT2D eigenvalue weighted by Crippen LogP contribution is -1.79. The molecule has 0 bridgehead atoms. The van der Waals surface area contributed by atoms with Gasteiger partial charge in [0, 0.05) is 11.8 Å². The van der Waals surface area contributed by atoms with Gasteiger partial charge in [-0.25, -0.2) is 4.39 Å². The molecule has 14 heavy (non-hydrogen) atoms. The van der Waals surface area contributed by atoms with Crippen LogP contribution in [-0.4, -0.2) is 10.2 Å². The van der Waals surface area contributed by atoms with E-state index in [0.717, 1.165) is 5.69 Å². The van der Waals surface area contributed by atoms with Crippen molar-refractivity contribution in [3.8, 4) is 0 Å². The maximum absolute atomic E-state index is 13.1. The van der Waals surface area contributed by atoms with Crippen molar-refractivity contribution in [2.24, 2.45) is 0 Å². The molecule has 0 spiro atoms. The second-order valence-corrected chi connectivity index (χ2v) is 2.87. The smallest absolute Gasteiger partial charge is 0.130 e. The van der Waals surface area contributed by atoms with E-state index in [1.165, 1.54) is 6.07 Å². The van der Waals surface area contributed by atoms with Crippen molar-refractivity contribution in [3.05, 3.63) is 53.6 Å². The topological polar surface area (TPSA) is 28.7 Å². The van der Waals surface area contributed by atoms with Crippen LogP contribution in [0.2, 0.25) is 0 Å². The number of nitrogens with one attached hydrogen (secondary N) is 1. The summed E-state index contributed by atoms with van der Waals surface area (Å²) in [4.78, 5) is 0. The first kappa shape index (κ1) is 8.69. The summed E-state index contributed by atoms with van der Waals surface area (Å²) in [6.45, 7) is 0. The first-order valence-corrected chi connectivity index (χ1v) is 4.28. The van der Waals surface area contributed by atoms with Gasteiger partial charge >= 0.3 is 0 Å². The largest absolute Gasteiger partial charge is 0.278 e. The Kier molecular flexibility index (Phi) is 2.40. The van der Waals surface area contributed by atoms with Crippen LogP contribution in [-0.2, 0) is 0 Å². The SMILES string of the molecule is Fc1ccccc1C=Cc1ccn[nH]1. The second-order valence-electron chi connectivity index (χ2n) is 2.87. The lowest BCUT2D eigenvalue weighted by Gasteiger charge is -1.93. The number of benzene rings is 1. The zero-order valence-corrected chi connectivity index (χ0v) is 7.44. The fourth-order valence-corrected chi connectivity index (χ4v) is 1.15. The van der Waals surface area contributed by atoms with E-state index in [1.54, 1.807) is 36.5 Å². The molecule has 0 unspecified atom stereocenters.